The topological polar surface area (TPSA) is 59.1 Å². The monoisotopic (exact) mass is 421 g/mol. The van der Waals surface area contributed by atoms with E-state index in [1.54, 1.807) is 4.90 Å². The Bertz CT molecular complexity index is 821. The molecular formula is C24H31N5O2. The SMILES string of the molecule is CN1CCN(NC(=O)C(=O)N2CCN(C(c3ccccc3)c3ccccc3)CC2)CC1. The van der Waals surface area contributed by atoms with Gasteiger partial charge in [-0.05, 0) is 18.2 Å². The molecule has 0 spiro atoms. The number of hydrogen-bond donors (Lipinski definition) is 1. The molecule has 31 heavy (non-hydrogen) atoms. The first kappa shape index (κ1) is 21.5. The van der Waals surface area contributed by atoms with Gasteiger partial charge < -0.3 is 9.80 Å². The van der Waals surface area contributed by atoms with Gasteiger partial charge in [-0.15, -0.1) is 0 Å². The fraction of sp³-hybridized carbons (Fsp3) is 0.417. The number of carbonyl (C=O) groups excluding carboxylic acids is 2. The van der Waals surface area contributed by atoms with E-state index in [4.69, 9.17) is 0 Å². The van der Waals surface area contributed by atoms with Gasteiger partial charge in [0.2, 0.25) is 0 Å². The summed E-state index contributed by atoms with van der Waals surface area (Å²) in [5, 5.41) is 1.84. The Labute approximate surface area is 184 Å². The van der Waals surface area contributed by atoms with E-state index in [0.29, 0.717) is 13.1 Å². The molecule has 0 saturated carbocycles. The first-order valence-corrected chi connectivity index (χ1v) is 11.0. The number of amides is 2. The lowest BCUT2D eigenvalue weighted by atomic mass is 9.96. The maximum atomic E-state index is 12.7. The van der Waals surface area contributed by atoms with Crippen LogP contribution in [0.3, 0.4) is 0 Å². The number of nitrogens with zero attached hydrogens (tertiary/aromatic N) is 4. The Morgan fingerprint density at radius 2 is 1.26 bits per heavy atom. The van der Waals surface area contributed by atoms with Gasteiger partial charge in [-0.3, -0.25) is 19.9 Å². The highest BCUT2D eigenvalue weighted by atomic mass is 16.2. The number of hydrogen-bond acceptors (Lipinski definition) is 5. The molecule has 0 aliphatic carbocycles. The van der Waals surface area contributed by atoms with E-state index in [1.807, 2.05) is 17.1 Å². The third kappa shape index (κ3) is 5.31. The lowest BCUT2D eigenvalue weighted by molar-refractivity contribution is -0.150. The van der Waals surface area contributed by atoms with Gasteiger partial charge in [-0.2, -0.15) is 0 Å². The first-order chi connectivity index (χ1) is 15.1. The van der Waals surface area contributed by atoms with Crippen molar-refractivity contribution in [2.75, 3.05) is 59.4 Å². The highest BCUT2D eigenvalue weighted by Gasteiger charge is 2.31. The van der Waals surface area contributed by atoms with Crippen molar-refractivity contribution in [3.8, 4) is 0 Å². The average Bonchev–Trinajstić information content (AvgIpc) is 2.82. The predicted molar refractivity (Wildman–Crippen MR) is 120 cm³/mol. The number of piperazine rings is 2. The van der Waals surface area contributed by atoms with Crippen molar-refractivity contribution in [3.05, 3.63) is 71.8 Å². The number of hydrazine groups is 1. The maximum absolute atomic E-state index is 12.7. The number of rotatable bonds is 4. The number of likely N-dealkylation sites (N-methyl/N-ethyl adjacent to an activating group) is 1. The number of nitrogens with one attached hydrogen (secondary N) is 1. The Kier molecular flexibility index (Phi) is 6.96. The maximum Gasteiger partial charge on any atom is 0.323 e. The Hall–Kier alpha value is -2.74. The van der Waals surface area contributed by atoms with Gasteiger partial charge in [0.15, 0.2) is 0 Å². The van der Waals surface area contributed by atoms with Crippen LogP contribution in [0.1, 0.15) is 17.2 Å². The summed E-state index contributed by atoms with van der Waals surface area (Å²) in [5.41, 5.74) is 5.26. The Morgan fingerprint density at radius 1 is 0.742 bits per heavy atom. The summed E-state index contributed by atoms with van der Waals surface area (Å²) in [6.45, 7) is 5.78. The van der Waals surface area contributed by atoms with Crippen LogP contribution >= 0.6 is 0 Å². The Balaban J connectivity index is 1.37. The summed E-state index contributed by atoms with van der Waals surface area (Å²) < 4.78 is 0. The molecule has 7 heteroatoms. The number of benzene rings is 2. The average molecular weight is 422 g/mol. The standard InChI is InChI=1S/C24H31N5O2/c1-26-12-18-29(19-13-26)25-23(30)24(31)28-16-14-27(15-17-28)22(20-8-4-2-5-9-20)21-10-6-3-7-11-21/h2-11,22H,12-19H2,1H3,(H,25,30). The van der Waals surface area contributed by atoms with E-state index in [2.05, 4.69) is 70.8 Å². The second kappa shape index (κ2) is 10.0. The molecule has 0 bridgehead atoms. The minimum atomic E-state index is -0.527. The molecule has 0 atom stereocenters. The minimum absolute atomic E-state index is 0.138. The summed E-state index contributed by atoms with van der Waals surface area (Å²) >= 11 is 0. The van der Waals surface area contributed by atoms with Crippen LogP contribution in [0.4, 0.5) is 0 Å². The van der Waals surface area contributed by atoms with E-state index < -0.39 is 11.8 Å². The molecule has 2 saturated heterocycles. The van der Waals surface area contributed by atoms with Crippen LogP contribution in [0.5, 0.6) is 0 Å². The molecule has 2 aliphatic heterocycles. The van der Waals surface area contributed by atoms with E-state index in [0.717, 1.165) is 39.3 Å². The van der Waals surface area contributed by atoms with E-state index in [9.17, 15) is 9.59 Å². The zero-order valence-corrected chi connectivity index (χ0v) is 18.1. The number of carbonyl (C=O) groups is 2. The Morgan fingerprint density at radius 3 is 1.77 bits per heavy atom. The third-order valence-corrected chi connectivity index (χ3v) is 6.15. The zero-order valence-electron chi connectivity index (χ0n) is 18.1. The summed E-state index contributed by atoms with van der Waals surface area (Å²) in [6.07, 6.45) is 0. The fourth-order valence-electron chi connectivity index (χ4n) is 4.32. The van der Waals surface area contributed by atoms with Crippen LogP contribution in [0.2, 0.25) is 0 Å². The van der Waals surface area contributed by atoms with Gasteiger partial charge in [-0.25, -0.2) is 5.01 Å². The largest absolute Gasteiger partial charge is 0.332 e. The normalized spacial score (nSPS) is 18.8. The van der Waals surface area contributed by atoms with Gasteiger partial charge in [0.25, 0.3) is 0 Å². The van der Waals surface area contributed by atoms with Crippen molar-refractivity contribution >= 4 is 11.8 Å². The van der Waals surface area contributed by atoms with E-state index in [1.165, 1.54) is 11.1 Å². The molecule has 4 rings (SSSR count). The van der Waals surface area contributed by atoms with Crippen molar-refractivity contribution in [3.63, 3.8) is 0 Å². The highest BCUT2D eigenvalue weighted by molar-refractivity contribution is 6.34. The molecule has 2 amide bonds. The van der Waals surface area contributed by atoms with E-state index in [-0.39, 0.29) is 6.04 Å². The molecule has 2 aromatic carbocycles. The molecule has 0 unspecified atom stereocenters. The highest BCUT2D eigenvalue weighted by Crippen LogP contribution is 2.29. The van der Waals surface area contributed by atoms with Gasteiger partial charge in [-0.1, -0.05) is 60.7 Å². The summed E-state index contributed by atoms with van der Waals surface area (Å²) in [7, 11) is 2.06. The van der Waals surface area contributed by atoms with Crippen molar-refractivity contribution in [1.29, 1.82) is 0 Å². The third-order valence-electron chi connectivity index (χ3n) is 6.15. The van der Waals surface area contributed by atoms with Crippen LogP contribution in [0, 0.1) is 0 Å². The molecule has 0 aromatic heterocycles. The van der Waals surface area contributed by atoms with E-state index >= 15 is 0 Å². The minimum Gasteiger partial charge on any atom is -0.332 e. The van der Waals surface area contributed by atoms with Gasteiger partial charge >= 0.3 is 11.8 Å². The summed E-state index contributed by atoms with van der Waals surface area (Å²) in [4.78, 5) is 31.5. The van der Waals surface area contributed by atoms with Crippen molar-refractivity contribution < 1.29 is 9.59 Å². The van der Waals surface area contributed by atoms with Gasteiger partial charge in [0.05, 0.1) is 6.04 Å². The molecule has 1 N–H and O–H groups in total. The van der Waals surface area contributed by atoms with Crippen LogP contribution in [-0.4, -0.2) is 90.9 Å². The van der Waals surface area contributed by atoms with Crippen molar-refractivity contribution in [2.45, 2.75) is 6.04 Å². The lowest BCUT2D eigenvalue weighted by Gasteiger charge is -2.40. The molecule has 2 aromatic rings. The zero-order chi connectivity index (χ0) is 21.6. The molecule has 2 heterocycles. The summed E-state index contributed by atoms with van der Waals surface area (Å²) in [5.74, 6) is -0.963. The molecule has 0 radical (unpaired) electrons. The molecule has 2 aliphatic rings. The molecule has 164 valence electrons. The smallest absolute Gasteiger partial charge is 0.323 e. The second-order valence-corrected chi connectivity index (χ2v) is 8.28. The van der Waals surface area contributed by atoms with Crippen LogP contribution < -0.4 is 5.43 Å². The molecule has 2 fully saturated rings. The predicted octanol–water partition coefficient (Wildman–Crippen LogP) is 1.20. The molecular weight excluding hydrogens is 390 g/mol. The fourth-order valence-corrected chi connectivity index (χ4v) is 4.32. The van der Waals surface area contributed by atoms with Gasteiger partial charge in [0.1, 0.15) is 0 Å². The second-order valence-electron chi connectivity index (χ2n) is 8.28. The quantitative estimate of drug-likeness (QED) is 0.752. The lowest BCUT2D eigenvalue weighted by Crippen LogP contribution is -2.58. The van der Waals surface area contributed by atoms with Crippen LogP contribution in [-0.2, 0) is 9.59 Å². The first-order valence-electron chi connectivity index (χ1n) is 11.0. The van der Waals surface area contributed by atoms with Crippen molar-refractivity contribution in [1.82, 2.24) is 25.1 Å². The molecule has 7 nitrogen and oxygen atoms in total. The van der Waals surface area contributed by atoms with Crippen LogP contribution in [0.25, 0.3) is 0 Å². The van der Waals surface area contributed by atoms with Gasteiger partial charge in [0, 0.05) is 52.4 Å². The van der Waals surface area contributed by atoms with Crippen LogP contribution in [0.15, 0.2) is 60.7 Å². The summed E-state index contributed by atoms with van der Waals surface area (Å²) in [6, 6.07) is 21.1. The van der Waals surface area contributed by atoms with Crippen molar-refractivity contribution in [2.24, 2.45) is 0 Å².